The molecule has 1 N–H and O–H groups in total. The zero-order chi connectivity index (χ0) is 15.1. The third-order valence-electron chi connectivity index (χ3n) is 3.79. The Balaban J connectivity index is 1.99. The van der Waals surface area contributed by atoms with Crippen molar-refractivity contribution >= 4 is 12.0 Å². The summed E-state index contributed by atoms with van der Waals surface area (Å²) in [5, 5.41) is 17.8. The van der Waals surface area contributed by atoms with Crippen molar-refractivity contribution in [1.82, 2.24) is 4.90 Å². The van der Waals surface area contributed by atoms with E-state index in [2.05, 4.69) is 6.07 Å². The van der Waals surface area contributed by atoms with Gasteiger partial charge in [0.15, 0.2) is 0 Å². The van der Waals surface area contributed by atoms with Crippen molar-refractivity contribution in [3.8, 4) is 6.07 Å². The molecule has 4 heteroatoms. The standard InChI is InChI=1S/C17H20N2O2/c18-13-15-5-1-4-14(12-15)8-9-17(21)19-10-2-6-16(19)7-3-11-20/h1,4-5,8-9,12,16,20H,2-3,6-7,10-11H2. The molecule has 0 aromatic heterocycles. The van der Waals surface area contributed by atoms with E-state index >= 15 is 0 Å². The number of likely N-dealkylation sites (tertiary alicyclic amines) is 1. The van der Waals surface area contributed by atoms with Crippen LogP contribution >= 0.6 is 0 Å². The van der Waals surface area contributed by atoms with Gasteiger partial charge in [0, 0.05) is 25.3 Å². The van der Waals surface area contributed by atoms with Gasteiger partial charge in [0.1, 0.15) is 0 Å². The van der Waals surface area contributed by atoms with Gasteiger partial charge in [0.2, 0.25) is 5.91 Å². The van der Waals surface area contributed by atoms with Crippen LogP contribution in [0.1, 0.15) is 36.8 Å². The van der Waals surface area contributed by atoms with Gasteiger partial charge in [-0.05, 0) is 49.5 Å². The first-order valence-corrected chi connectivity index (χ1v) is 7.34. The molecule has 1 amide bonds. The molecule has 0 bridgehead atoms. The first-order valence-electron chi connectivity index (χ1n) is 7.34. The zero-order valence-corrected chi connectivity index (χ0v) is 12.0. The molecule has 0 aliphatic carbocycles. The highest BCUT2D eigenvalue weighted by molar-refractivity contribution is 5.92. The highest BCUT2D eigenvalue weighted by Gasteiger charge is 2.26. The first-order chi connectivity index (χ1) is 10.2. The molecule has 1 aliphatic heterocycles. The first kappa shape index (κ1) is 15.3. The van der Waals surface area contributed by atoms with Crippen LogP contribution < -0.4 is 0 Å². The van der Waals surface area contributed by atoms with Gasteiger partial charge in [-0.3, -0.25) is 4.79 Å². The predicted molar refractivity (Wildman–Crippen MR) is 81.2 cm³/mol. The molecule has 110 valence electrons. The number of hydrogen-bond acceptors (Lipinski definition) is 3. The van der Waals surface area contributed by atoms with Gasteiger partial charge in [-0.15, -0.1) is 0 Å². The normalized spacial score (nSPS) is 18.1. The summed E-state index contributed by atoms with van der Waals surface area (Å²) < 4.78 is 0. The van der Waals surface area contributed by atoms with Gasteiger partial charge in [-0.2, -0.15) is 5.26 Å². The van der Waals surface area contributed by atoms with E-state index in [4.69, 9.17) is 10.4 Å². The number of nitrogens with zero attached hydrogens (tertiary/aromatic N) is 2. The van der Waals surface area contributed by atoms with Crippen LogP contribution in [0.3, 0.4) is 0 Å². The van der Waals surface area contributed by atoms with Crippen LogP contribution in [-0.4, -0.2) is 35.1 Å². The van der Waals surface area contributed by atoms with E-state index in [1.54, 1.807) is 24.3 Å². The quantitative estimate of drug-likeness (QED) is 0.844. The molecule has 2 rings (SSSR count). The van der Waals surface area contributed by atoms with Gasteiger partial charge >= 0.3 is 0 Å². The second-order valence-corrected chi connectivity index (χ2v) is 5.26. The maximum absolute atomic E-state index is 12.3. The Labute approximate surface area is 125 Å². The van der Waals surface area contributed by atoms with Crippen LogP contribution in [-0.2, 0) is 4.79 Å². The van der Waals surface area contributed by atoms with Crippen LogP contribution in [0.25, 0.3) is 6.08 Å². The topological polar surface area (TPSA) is 64.3 Å². The van der Waals surface area contributed by atoms with Crippen molar-refractivity contribution < 1.29 is 9.90 Å². The maximum atomic E-state index is 12.3. The minimum atomic E-state index is 0.0119. The lowest BCUT2D eigenvalue weighted by molar-refractivity contribution is -0.126. The van der Waals surface area contributed by atoms with Crippen molar-refractivity contribution in [1.29, 1.82) is 5.26 Å². The van der Waals surface area contributed by atoms with Crippen LogP contribution in [0.5, 0.6) is 0 Å². The third kappa shape index (κ3) is 4.17. The molecule has 1 heterocycles. The number of nitriles is 1. The SMILES string of the molecule is N#Cc1cccc(C=CC(=O)N2CCCC2CCCO)c1. The average Bonchev–Trinajstić information content (AvgIpc) is 2.99. The molecule has 0 radical (unpaired) electrons. The molecule has 4 nitrogen and oxygen atoms in total. The highest BCUT2D eigenvalue weighted by atomic mass is 16.3. The van der Waals surface area contributed by atoms with E-state index in [-0.39, 0.29) is 18.6 Å². The summed E-state index contributed by atoms with van der Waals surface area (Å²) in [5.74, 6) is 0.0119. The maximum Gasteiger partial charge on any atom is 0.246 e. The van der Waals surface area contributed by atoms with Crippen molar-refractivity contribution in [2.45, 2.75) is 31.7 Å². The predicted octanol–water partition coefficient (Wildman–Crippen LogP) is 2.33. The summed E-state index contributed by atoms with van der Waals surface area (Å²) in [6.07, 6.45) is 6.98. The number of aliphatic hydroxyl groups excluding tert-OH is 1. The molecule has 1 saturated heterocycles. The van der Waals surface area contributed by atoms with E-state index in [9.17, 15) is 4.79 Å². The second kappa shape index (κ2) is 7.61. The molecule has 0 spiro atoms. The molecule has 1 atom stereocenters. The molecular weight excluding hydrogens is 264 g/mol. The van der Waals surface area contributed by atoms with Gasteiger partial charge in [0.05, 0.1) is 11.6 Å². The van der Waals surface area contributed by atoms with Crippen molar-refractivity contribution in [2.75, 3.05) is 13.2 Å². The Morgan fingerprint density at radius 1 is 1.52 bits per heavy atom. The molecule has 1 aromatic carbocycles. The van der Waals surface area contributed by atoms with E-state index in [0.717, 1.165) is 37.8 Å². The number of carbonyl (C=O) groups is 1. The lowest BCUT2D eigenvalue weighted by Gasteiger charge is -2.23. The average molecular weight is 284 g/mol. The minimum Gasteiger partial charge on any atom is -0.396 e. The fourth-order valence-electron chi connectivity index (χ4n) is 2.73. The largest absolute Gasteiger partial charge is 0.396 e. The molecule has 1 aliphatic rings. The minimum absolute atomic E-state index is 0.0119. The highest BCUT2D eigenvalue weighted by Crippen LogP contribution is 2.21. The van der Waals surface area contributed by atoms with Gasteiger partial charge in [-0.1, -0.05) is 12.1 Å². The van der Waals surface area contributed by atoms with E-state index in [0.29, 0.717) is 5.56 Å². The third-order valence-corrected chi connectivity index (χ3v) is 3.79. The fraction of sp³-hybridized carbons (Fsp3) is 0.412. The molecule has 21 heavy (non-hydrogen) atoms. The van der Waals surface area contributed by atoms with Gasteiger partial charge in [-0.25, -0.2) is 0 Å². The molecule has 0 saturated carbocycles. The Morgan fingerprint density at radius 2 is 2.38 bits per heavy atom. The second-order valence-electron chi connectivity index (χ2n) is 5.26. The van der Waals surface area contributed by atoms with Gasteiger partial charge in [0.25, 0.3) is 0 Å². The summed E-state index contributed by atoms with van der Waals surface area (Å²) in [7, 11) is 0. The Kier molecular flexibility index (Phi) is 5.53. The van der Waals surface area contributed by atoms with E-state index in [1.807, 2.05) is 17.0 Å². The summed E-state index contributed by atoms with van der Waals surface area (Å²) in [4.78, 5) is 14.1. The van der Waals surface area contributed by atoms with Crippen LogP contribution in [0.15, 0.2) is 30.3 Å². The number of aliphatic hydroxyl groups is 1. The van der Waals surface area contributed by atoms with E-state index in [1.165, 1.54) is 0 Å². The lowest BCUT2D eigenvalue weighted by atomic mass is 10.1. The molecule has 1 unspecified atom stereocenters. The summed E-state index contributed by atoms with van der Waals surface area (Å²) in [5.41, 5.74) is 1.44. The monoisotopic (exact) mass is 284 g/mol. The van der Waals surface area contributed by atoms with Crippen LogP contribution in [0.4, 0.5) is 0 Å². The number of rotatable bonds is 5. The zero-order valence-electron chi connectivity index (χ0n) is 12.0. The van der Waals surface area contributed by atoms with Crippen molar-refractivity contribution in [2.24, 2.45) is 0 Å². The Morgan fingerprint density at radius 3 is 3.14 bits per heavy atom. The van der Waals surface area contributed by atoms with Crippen LogP contribution in [0, 0.1) is 11.3 Å². The van der Waals surface area contributed by atoms with Crippen LogP contribution in [0.2, 0.25) is 0 Å². The van der Waals surface area contributed by atoms with Crippen molar-refractivity contribution in [3.05, 3.63) is 41.5 Å². The summed E-state index contributed by atoms with van der Waals surface area (Å²) >= 11 is 0. The Bertz CT molecular complexity index is 560. The summed E-state index contributed by atoms with van der Waals surface area (Å²) in [6.45, 7) is 0.965. The molecule has 1 aromatic rings. The Hall–Kier alpha value is -2.12. The molecular formula is C17H20N2O2. The fourth-order valence-corrected chi connectivity index (χ4v) is 2.73. The number of carbonyl (C=O) groups excluding carboxylic acids is 1. The smallest absolute Gasteiger partial charge is 0.246 e. The number of amides is 1. The summed E-state index contributed by atoms with van der Waals surface area (Å²) in [6, 6.07) is 9.52. The number of hydrogen-bond donors (Lipinski definition) is 1. The van der Waals surface area contributed by atoms with Crippen molar-refractivity contribution in [3.63, 3.8) is 0 Å². The van der Waals surface area contributed by atoms with E-state index < -0.39 is 0 Å². The van der Waals surface area contributed by atoms with Gasteiger partial charge < -0.3 is 10.0 Å². The number of benzene rings is 1. The molecule has 1 fully saturated rings. The lowest BCUT2D eigenvalue weighted by Crippen LogP contribution is -2.34.